The molecule has 0 radical (unpaired) electrons. The summed E-state index contributed by atoms with van der Waals surface area (Å²) in [6.07, 6.45) is 2.71. The van der Waals surface area contributed by atoms with Crippen LogP contribution in [0.2, 0.25) is 0 Å². The molecule has 4 nitrogen and oxygen atoms in total. The van der Waals surface area contributed by atoms with Gasteiger partial charge in [0, 0.05) is 19.3 Å². The quantitative estimate of drug-likeness (QED) is 0.818. The van der Waals surface area contributed by atoms with Crippen molar-refractivity contribution in [2.75, 3.05) is 11.9 Å². The first kappa shape index (κ1) is 17.0. The van der Waals surface area contributed by atoms with E-state index in [4.69, 9.17) is 0 Å². The van der Waals surface area contributed by atoms with Crippen LogP contribution in [0, 0.1) is 12.8 Å². The van der Waals surface area contributed by atoms with Gasteiger partial charge in [0.1, 0.15) is 5.82 Å². The van der Waals surface area contributed by atoms with Crippen LogP contribution < -0.4 is 10.6 Å². The lowest BCUT2D eigenvalue weighted by atomic mass is 10.1. The lowest BCUT2D eigenvalue weighted by molar-refractivity contribution is 0.0950. The van der Waals surface area contributed by atoms with E-state index in [2.05, 4.69) is 35.5 Å². The van der Waals surface area contributed by atoms with Gasteiger partial charge in [-0.05, 0) is 37.0 Å². The third-order valence-electron chi connectivity index (χ3n) is 3.59. The van der Waals surface area contributed by atoms with Crippen LogP contribution in [-0.2, 0) is 6.54 Å². The van der Waals surface area contributed by atoms with Gasteiger partial charge in [-0.1, -0.05) is 43.7 Å². The molecular formula is C19H25N3O. The van der Waals surface area contributed by atoms with Crippen molar-refractivity contribution in [1.82, 2.24) is 10.3 Å². The third-order valence-corrected chi connectivity index (χ3v) is 3.59. The molecule has 0 saturated heterocycles. The molecule has 0 aliphatic heterocycles. The number of aryl methyl sites for hydroxylation is 1. The molecule has 1 heterocycles. The van der Waals surface area contributed by atoms with Gasteiger partial charge in [0.25, 0.3) is 5.91 Å². The summed E-state index contributed by atoms with van der Waals surface area (Å²) < 4.78 is 0. The van der Waals surface area contributed by atoms with E-state index in [1.54, 1.807) is 12.3 Å². The van der Waals surface area contributed by atoms with E-state index in [-0.39, 0.29) is 5.91 Å². The summed E-state index contributed by atoms with van der Waals surface area (Å²) in [5.41, 5.74) is 2.86. The SMILES string of the molecule is Cc1cccc(CNC(=O)c2ccc(NCCC(C)C)nc2)c1. The Labute approximate surface area is 138 Å². The van der Waals surface area contributed by atoms with Gasteiger partial charge in [-0.25, -0.2) is 4.98 Å². The Morgan fingerprint density at radius 1 is 1.22 bits per heavy atom. The molecule has 2 N–H and O–H groups in total. The fourth-order valence-electron chi connectivity index (χ4n) is 2.23. The molecule has 0 saturated carbocycles. The third kappa shape index (κ3) is 5.74. The van der Waals surface area contributed by atoms with E-state index in [9.17, 15) is 4.79 Å². The summed E-state index contributed by atoms with van der Waals surface area (Å²) in [6, 6.07) is 11.8. The minimum atomic E-state index is -0.104. The fourth-order valence-corrected chi connectivity index (χ4v) is 2.23. The minimum Gasteiger partial charge on any atom is -0.370 e. The first-order valence-corrected chi connectivity index (χ1v) is 8.08. The van der Waals surface area contributed by atoms with E-state index >= 15 is 0 Å². The number of carbonyl (C=O) groups excluding carboxylic acids is 1. The monoisotopic (exact) mass is 311 g/mol. The maximum Gasteiger partial charge on any atom is 0.253 e. The minimum absolute atomic E-state index is 0.104. The number of carbonyl (C=O) groups is 1. The Morgan fingerprint density at radius 2 is 2.04 bits per heavy atom. The molecule has 0 unspecified atom stereocenters. The van der Waals surface area contributed by atoms with Crippen molar-refractivity contribution in [3.63, 3.8) is 0 Å². The second-order valence-electron chi connectivity index (χ2n) is 6.21. The maximum atomic E-state index is 12.1. The molecule has 122 valence electrons. The molecule has 0 aliphatic carbocycles. The molecule has 4 heteroatoms. The highest BCUT2D eigenvalue weighted by atomic mass is 16.1. The van der Waals surface area contributed by atoms with Crippen LogP contribution in [0.15, 0.2) is 42.6 Å². The molecular weight excluding hydrogens is 286 g/mol. The Balaban J connectivity index is 1.85. The number of nitrogens with zero attached hydrogens (tertiary/aromatic N) is 1. The molecule has 0 atom stereocenters. The summed E-state index contributed by atoms with van der Waals surface area (Å²) in [6.45, 7) is 7.84. The zero-order valence-electron chi connectivity index (χ0n) is 14.1. The fraction of sp³-hybridized carbons (Fsp3) is 0.368. The maximum absolute atomic E-state index is 12.1. The second-order valence-corrected chi connectivity index (χ2v) is 6.21. The molecule has 2 aromatic rings. The number of anilines is 1. The molecule has 0 spiro atoms. The molecule has 23 heavy (non-hydrogen) atoms. The van der Waals surface area contributed by atoms with Gasteiger partial charge in [-0.15, -0.1) is 0 Å². The van der Waals surface area contributed by atoms with E-state index < -0.39 is 0 Å². The van der Waals surface area contributed by atoms with Crippen molar-refractivity contribution < 1.29 is 4.79 Å². The highest BCUT2D eigenvalue weighted by Gasteiger charge is 2.06. The number of aromatic nitrogens is 1. The second kappa shape index (κ2) is 8.32. The van der Waals surface area contributed by atoms with Crippen molar-refractivity contribution in [1.29, 1.82) is 0 Å². The number of hydrogen-bond acceptors (Lipinski definition) is 3. The van der Waals surface area contributed by atoms with Crippen LogP contribution in [0.3, 0.4) is 0 Å². The average molecular weight is 311 g/mol. The molecule has 0 fully saturated rings. The lowest BCUT2D eigenvalue weighted by Crippen LogP contribution is -2.23. The zero-order valence-corrected chi connectivity index (χ0v) is 14.1. The van der Waals surface area contributed by atoms with Crippen LogP contribution in [0.5, 0.6) is 0 Å². The van der Waals surface area contributed by atoms with Crippen LogP contribution in [-0.4, -0.2) is 17.4 Å². The molecule has 2 rings (SSSR count). The average Bonchev–Trinajstić information content (AvgIpc) is 2.53. The van der Waals surface area contributed by atoms with Crippen molar-refractivity contribution >= 4 is 11.7 Å². The van der Waals surface area contributed by atoms with E-state index in [1.807, 2.05) is 31.2 Å². The largest absolute Gasteiger partial charge is 0.370 e. The molecule has 0 aliphatic rings. The van der Waals surface area contributed by atoms with Gasteiger partial charge in [0.2, 0.25) is 0 Å². The zero-order chi connectivity index (χ0) is 16.7. The summed E-state index contributed by atoms with van der Waals surface area (Å²) in [5.74, 6) is 1.36. The van der Waals surface area contributed by atoms with E-state index in [0.717, 1.165) is 24.3 Å². The number of benzene rings is 1. The van der Waals surface area contributed by atoms with Gasteiger partial charge in [0.05, 0.1) is 5.56 Å². The van der Waals surface area contributed by atoms with Gasteiger partial charge >= 0.3 is 0 Å². The van der Waals surface area contributed by atoms with Crippen LogP contribution >= 0.6 is 0 Å². The Morgan fingerprint density at radius 3 is 2.70 bits per heavy atom. The molecule has 0 bridgehead atoms. The smallest absolute Gasteiger partial charge is 0.253 e. The summed E-state index contributed by atoms with van der Waals surface area (Å²) in [7, 11) is 0. The van der Waals surface area contributed by atoms with Crippen LogP contribution in [0.1, 0.15) is 41.8 Å². The predicted molar refractivity (Wildman–Crippen MR) is 94.5 cm³/mol. The normalized spacial score (nSPS) is 10.6. The van der Waals surface area contributed by atoms with Crippen molar-refractivity contribution in [2.45, 2.75) is 33.7 Å². The highest BCUT2D eigenvalue weighted by Crippen LogP contribution is 2.08. The topological polar surface area (TPSA) is 54.0 Å². The van der Waals surface area contributed by atoms with E-state index in [1.165, 1.54) is 5.56 Å². The van der Waals surface area contributed by atoms with Crippen LogP contribution in [0.25, 0.3) is 0 Å². The van der Waals surface area contributed by atoms with Gasteiger partial charge in [-0.3, -0.25) is 4.79 Å². The number of pyridine rings is 1. The van der Waals surface area contributed by atoms with Crippen LogP contribution in [0.4, 0.5) is 5.82 Å². The number of nitrogens with one attached hydrogen (secondary N) is 2. The number of rotatable bonds is 7. The summed E-state index contributed by atoms with van der Waals surface area (Å²) >= 11 is 0. The lowest BCUT2D eigenvalue weighted by Gasteiger charge is -2.09. The first-order chi connectivity index (χ1) is 11.0. The highest BCUT2D eigenvalue weighted by molar-refractivity contribution is 5.94. The Kier molecular flexibility index (Phi) is 6.15. The van der Waals surface area contributed by atoms with Gasteiger partial charge in [-0.2, -0.15) is 0 Å². The van der Waals surface area contributed by atoms with E-state index in [0.29, 0.717) is 18.0 Å². The number of hydrogen-bond donors (Lipinski definition) is 2. The molecule has 1 aromatic heterocycles. The first-order valence-electron chi connectivity index (χ1n) is 8.08. The van der Waals surface area contributed by atoms with Crippen molar-refractivity contribution in [3.8, 4) is 0 Å². The standard InChI is InChI=1S/C19H25N3O/c1-14(2)9-10-20-18-8-7-17(13-21-18)19(23)22-12-16-6-4-5-15(3)11-16/h4-8,11,13-14H,9-10,12H2,1-3H3,(H,20,21)(H,22,23). The van der Waals surface area contributed by atoms with Crippen molar-refractivity contribution in [3.05, 3.63) is 59.3 Å². The Hall–Kier alpha value is -2.36. The molecule has 1 aromatic carbocycles. The summed E-state index contributed by atoms with van der Waals surface area (Å²) in [4.78, 5) is 16.4. The summed E-state index contributed by atoms with van der Waals surface area (Å²) in [5, 5.41) is 6.18. The Bertz CT molecular complexity index is 635. The molecule has 1 amide bonds. The van der Waals surface area contributed by atoms with Gasteiger partial charge < -0.3 is 10.6 Å². The predicted octanol–water partition coefficient (Wildman–Crippen LogP) is 3.78. The van der Waals surface area contributed by atoms with Crippen molar-refractivity contribution in [2.24, 2.45) is 5.92 Å². The number of amides is 1. The van der Waals surface area contributed by atoms with Gasteiger partial charge in [0.15, 0.2) is 0 Å².